The number of alkyl halides is 3. The molecular formula is C21H26F3IN4O. The molecule has 0 radical (unpaired) electrons. The van der Waals surface area contributed by atoms with Crippen molar-refractivity contribution < 1.29 is 18.0 Å². The van der Waals surface area contributed by atoms with E-state index in [1.165, 1.54) is 6.07 Å². The van der Waals surface area contributed by atoms with Crippen LogP contribution < -0.4 is 10.6 Å². The molecule has 0 atom stereocenters. The molecule has 2 aromatic rings. The molecule has 0 heterocycles. The number of carbonyl (C=O) groups excluding carboxylic acids is 1. The molecule has 2 rings (SSSR count). The van der Waals surface area contributed by atoms with E-state index in [-0.39, 0.29) is 42.8 Å². The van der Waals surface area contributed by atoms with Gasteiger partial charge in [0.2, 0.25) is 5.91 Å². The Morgan fingerprint density at radius 1 is 1.03 bits per heavy atom. The third-order valence-corrected chi connectivity index (χ3v) is 4.26. The molecular weight excluding hydrogens is 508 g/mol. The Balaban J connectivity index is 0.00000450. The van der Waals surface area contributed by atoms with Crippen molar-refractivity contribution in [1.82, 2.24) is 15.5 Å². The van der Waals surface area contributed by atoms with E-state index < -0.39 is 11.7 Å². The number of hydrogen-bond donors (Lipinski definition) is 2. The summed E-state index contributed by atoms with van der Waals surface area (Å²) >= 11 is 0. The summed E-state index contributed by atoms with van der Waals surface area (Å²) in [5, 5.41) is 5.96. The van der Waals surface area contributed by atoms with Gasteiger partial charge in [-0.15, -0.1) is 24.0 Å². The maximum absolute atomic E-state index is 12.8. The molecule has 0 aromatic heterocycles. The van der Waals surface area contributed by atoms with Crippen molar-refractivity contribution in [3.05, 3.63) is 71.3 Å². The van der Waals surface area contributed by atoms with Crippen molar-refractivity contribution in [2.45, 2.75) is 25.7 Å². The fourth-order valence-electron chi connectivity index (χ4n) is 2.69. The molecule has 0 saturated heterocycles. The minimum absolute atomic E-state index is 0. The van der Waals surface area contributed by atoms with Gasteiger partial charge >= 0.3 is 6.18 Å². The molecule has 0 saturated carbocycles. The van der Waals surface area contributed by atoms with E-state index in [0.717, 1.165) is 17.7 Å². The van der Waals surface area contributed by atoms with E-state index in [1.54, 1.807) is 25.1 Å². The molecule has 164 valence electrons. The van der Waals surface area contributed by atoms with E-state index >= 15 is 0 Å². The van der Waals surface area contributed by atoms with E-state index in [4.69, 9.17) is 0 Å². The Morgan fingerprint density at radius 3 is 2.33 bits per heavy atom. The molecule has 30 heavy (non-hydrogen) atoms. The molecule has 0 aliphatic heterocycles. The molecule has 5 nitrogen and oxygen atoms in total. The lowest BCUT2D eigenvalue weighted by atomic mass is 10.1. The number of hydrogen-bond acceptors (Lipinski definition) is 2. The summed E-state index contributed by atoms with van der Waals surface area (Å²) in [6.07, 6.45) is -4.10. The van der Waals surface area contributed by atoms with Crippen molar-refractivity contribution in [1.29, 1.82) is 0 Å². The third-order valence-electron chi connectivity index (χ3n) is 4.26. The summed E-state index contributed by atoms with van der Waals surface area (Å²) < 4.78 is 38.4. The second-order valence-corrected chi connectivity index (χ2v) is 6.54. The first-order valence-electron chi connectivity index (χ1n) is 9.18. The Hall–Kier alpha value is -2.30. The minimum Gasteiger partial charge on any atom is -0.356 e. The van der Waals surface area contributed by atoms with Crippen LogP contribution in [0.5, 0.6) is 0 Å². The first-order valence-corrected chi connectivity index (χ1v) is 9.18. The van der Waals surface area contributed by atoms with E-state index in [2.05, 4.69) is 15.6 Å². The molecule has 2 aromatic carbocycles. The fourth-order valence-corrected chi connectivity index (χ4v) is 2.69. The van der Waals surface area contributed by atoms with Crippen molar-refractivity contribution >= 4 is 35.8 Å². The molecule has 0 aliphatic rings. The highest BCUT2D eigenvalue weighted by Gasteiger charge is 2.30. The van der Waals surface area contributed by atoms with E-state index in [1.807, 2.05) is 30.3 Å². The SMILES string of the molecule is CN=C(NCCC(=O)N(C)Cc1ccccc1)NCc1cccc(C(F)(F)F)c1.I. The maximum atomic E-state index is 12.8. The minimum atomic E-state index is -4.37. The normalized spacial score (nSPS) is 11.4. The largest absolute Gasteiger partial charge is 0.416 e. The predicted molar refractivity (Wildman–Crippen MR) is 123 cm³/mol. The number of aliphatic imine (C=N–C) groups is 1. The van der Waals surface area contributed by atoms with Crippen molar-refractivity contribution in [2.24, 2.45) is 4.99 Å². The third kappa shape index (κ3) is 8.60. The van der Waals surface area contributed by atoms with Crippen molar-refractivity contribution in [3.63, 3.8) is 0 Å². The lowest BCUT2D eigenvalue weighted by Gasteiger charge is -2.18. The van der Waals surface area contributed by atoms with Gasteiger partial charge in [-0.25, -0.2) is 0 Å². The molecule has 0 unspecified atom stereocenters. The van der Waals surface area contributed by atoms with Gasteiger partial charge in [-0.05, 0) is 23.3 Å². The molecule has 0 spiro atoms. The van der Waals surface area contributed by atoms with Crippen LogP contribution in [0.25, 0.3) is 0 Å². The van der Waals surface area contributed by atoms with Gasteiger partial charge in [-0.2, -0.15) is 13.2 Å². The van der Waals surface area contributed by atoms with E-state index in [9.17, 15) is 18.0 Å². The van der Waals surface area contributed by atoms with Gasteiger partial charge in [0.05, 0.1) is 5.56 Å². The van der Waals surface area contributed by atoms with Crippen LogP contribution in [0.3, 0.4) is 0 Å². The summed E-state index contributed by atoms with van der Waals surface area (Å²) in [6, 6.07) is 14.8. The number of benzene rings is 2. The molecule has 2 N–H and O–H groups in total. The summed E-state index contributed by atoms with van der Waals surface area (Å²) in [6.45, 7) is 1.08. The monoisotopic (exact) mass is 534 g/mol. The van der Waals surface area contributed by atoms with Crippen molar-refractivity contribution in [3.8, 4) is 0 Å². The lowest BCUT2D eigenvalue weighted by molar-refractivity contribution is -0.137. The Labute approximate surface area is 191 Å². The second kappa shape index (κ2) is 12.4. The van der Waals surface area contributed by atoms with Crippen LogP contribution in [-0.4, -0.2) is 37.4 Å². The lowest BCUT2D eigenvalue weighted by Crippen LogP contribution is -2.39. The first kappa shape index (κ1) is 25.7. The number of halogens is 4. The summed E-state index contributed by atoms with van der Waals surface area (Å²) in [5.41, 5.74) is 0.850. The Bertz CT molecular complexity index is 829. The standard InChI is InChI=1S/C21H25F3N4O.HI/c1-25-20(27-14-17-9-6-10-18(13-17)21(22,23)24)26-12-11-19(29)28(2)15-16-7-4-3-5-8-16;/h3-10,13H,11-12,14-15H2,1-2H3,(H2,25,26,27);1H. The van der Waals surface area contributed by atoms with Crippen LogP contribution >= 0.6 is 24.0 Å². The number of carbonyl (C=O) groups is 1. The van der Waals surface area contributed by atoms with Crippen LogP contribution in [0.1, 0.15) is 23.1 Å². The highest BCUT2D eigenvalue weighted by Crippen LogP contribution is 2.29. The topological polar surface area (TPSA) is 56.7 Å². The smallest absolute Gasteiger partial charge is 0.356 e. The van der Waals surface area contributed by atoms with Gasteiger partial charge in [0.15, 0.2) is 5.96 Å². The summed E-state index contributed by atoms with van der Waals surface area (Å²) in [4.78, 5) is 17.9. The van der Waals surface area contributed by atoms with Gasteiger partial charge in [0.1, 0.15) is 0 Å². The second-order valence-electron chi connectivity index (χ2n) is 6.54. The molecule has 9 heteroatoms. The maximum Gasteiger partial charge on any atom is 0.416 e. The highest BCUT2D eigenvalue weighted by atomic mass is 127. The molecule has 0 fully saturated rings. The van der Waals surface area contributed by atoms with Gasteiger partial charge in [-0.3, -0.25) is 9.79 Å². The van der Waals surface area contributed by atoms with Crippen molar-refractivity contribution in [2.75, 3.05) is 20.6 Å². The zero-order valence-electron chi connectivity index (χ0n) is 16.9. The molecule has 0 aliphatic carbocycles. The number of nitrogens with zero attached hydrogens (tertiary/aromatic N) is 2. The van der Waals surface area contributed by atoms with Crippen LogP contribution in [0.2, 0.25) is 0 Å². The van der Waals surface area contributed by atoms with Gasteiger partial charge in [0, 0.05) is 40.2 Å². The van der Waals surface area contributed by atoms with Crippen LogP contribution in [0.4, 0.5) is 13.2 Å². The van der Waals surface area contributed by atoms with Crippen LogP contribution in [0.15, 0.2) is 59.6 Å². The van der Waals surface area contributed by atoms with Gasteiger partial charge in [-0.1, -0.05) is 42.5 Å². The average molecular weight is 534 g/mol. The highest BCUT2D eigenvalue weighted by molar-refractivity contribution is 14.0. The number of rotatable bonds is 7. The molecule has 0 bridgehead atoms. The number of amides is 1. The average Bonchev–Trinajstić information content (AvgIpc) is 2.70. The summed E-state index contributed by atoms with van der Waals surface area (Å²) in [7, 11) is 3.31. The predicted octanol–water partition coefficient (Wildman–Crippen LogP) is 4.04. The quantitative estimate of drug-likeness (QED) is 0.321. The number of nitrogens with one attached hydrogen (secondary N) is 2. The first-order chi connectivity index (χ1) is 13.8. The number of guanidine groups is 1. The Morgan fingerprint density at radius 2 is 1.70 bits per heavy atom. The molecule has 1 amide bonds. The van der Waals surface area contributed by atoms with Crippen LogP contribution in [-0.2, 0) is 24.1 Å². The van der Waals surface area contributed by atoms with Gasteiger partial charge < -0.3 is 15.5 Å². The fraction of sp³-hybridized carbons (Fsp3) is 0.333. The summed E-state index contributed by atoms with van der Waals surface area (Å²) in [5.74, 6) is 0.399. The van der Waals surface area contributed by atoms with Crippen LogP contribution in [0, 0.1) is 0 Å². The van der Waals surface area contributed by atoms with Gasteiger partial charge in [0.25, 0.3) is 0 Å². The zero-order valence-corrected chi connectivity index (χ0v) is 19.2. The Kier molecular flexibility index (Phi) is 10.6. The zero-order chi connectivity index (χ0) is 21.3. The van der Waals surface area contributed by atoms with E-state index in [0.29, 0.717) is 24.6 Å².